The van der Waals surface area contributed by atoms with Gasteiger partial charge in [0, 0.05) is 19.1 Å². The van der Waals surface area contributed by atoms with Gasteiger partial charge >= 0.3 is 0 Å². The van der Waals surface area contributed by atoms with Crippen LogP contribution in [0.15, 0.2) is 24.3 Å². The van der Waals surface area contributed by atoms with E-state index in [1.54, 1.807) is 6.07 Å². The molecule has 23 heavy (non-hydrogen) atoms. The van der Waals surface area contributed by atoms with Crippen LogP contribution < -0.4 is 0 Å². The average molecular weight is 320 g/mol. The van der Waals surface area contributed by atoms with Crippen molar-refractivity contribution in [1.29, 1.82) is 0 Å². The second-order valence-corrected chi connectivity index (χ2v) is 6.68. The van der Waals surface area contributed by atoms with Crippen molar-refractivity contribution in [2.24, 2.45) is 0 Å². The first kappa shape index (κ1) is 16.4. The highest BCUT2D eigenvalue weighted by Crippen LogP contribution is 2.19. The molecule has 0 bridgehead atoms. The number of amides is 1. The van der Waals surface area contributed by atoms with E-state index in [1.807, 2.05) is 11.0 Å². The Morgan fingerprint density at radius 1 is 1.35 bits per heavy atom. The first-order valence-corrected chi connectivity index (χ1v) is 8.49. The maximum Gasteiger partial charge on any atom is 0.236 e. The number of ether oxygens (including phenoxy) is 1. The number of rotatable bonds is 5. The van der Waals surface area contributed by atoms with Crippen LogP contribution >= 0.6 is 0 Å². The summed E-state index contributed by atoms with van der Waals surface area (Å²) in [5.74, 6) is -0.0449. The number of carbonyl (C=O) groups excluding carboxylic acids is 1. The molecule has 0 N–H and O–H groups in total. The molecular formula is C18H25FN2O2. The van der Waals surface area contributed by atoms with Crippen molar-refractivity contribution in [3.63, 3.8) is 0 Å². The van der Waals surface area contributed by atoms with Crippen LogP contribution in [0.4, 0.5) is 4.39 Å². The molecule has 0 aliphatic carbocycles. The molecule has 2 saturated heterocycles. The number of piperidine rings is 1. The Hall–Kier alpha value is -1.46. The summed E-state index contributed by atoms with van der Waals surface area (Å²) < 4.78 is 18.8. The van der Waals surface area contributed by atoms with Gasteiger partial charge in [-0.15, -0.1) is 0 Å². The Morgan fingerprint density at radius 3 is 2.91 bits per heavy atom. The van der Waals surface area contributed by atoms with Crippen molar-refractivity contribution < 1.29 is 13.9 Å². The molecule has 1 amide bonds. The van der Waals surface area contributed by atoms with Crippen LogP contribution in [-0.2, 0) is 16.1 Å². The summed E-state index contributed by atoms with van der Waals surface area (Å²) in [5.41, 5.74) is 0.830. The van der Waals surface area contributed by atoms with E-state index in [1.165, 1.54) is 31.4 Å². The van der Waals surface area contributed by atoms with Gasteiger partial charge < -0.3 is 9.64 Å². The third kappa shape index (κ3) is 4.30. The molecule has 0 unspecified atom stereocenters. The van der Waals surface area contributed by atoms with Crippen molar-refractivity contribution in [3.8, 4) is 0 Å². The van der Waals surface area contributed by atoms with Gasteiger partial charge in [-0.2, -0.15) is 0 Å². The highest BCUT2D eigenvalue weighted by atomic mass is 19.1. The van der Waals surface area contributed by atoms with Crippen molar-refractivity contribution in [3.05, 3.63) is 35.6 Å². The number of nitrogens with zero attached hydrogens (tertiary/aromatic N) is 2. The van der Waals surface area contributed by atoms with Gasteiger partial charge in [-0.3, -0.25) is 9.69 Å². The summed E-state index contributed by atoms with van der Waals surface area (Å²) in [4.78, 5) is 16.4. The minimum atomic E-state index is -0.243. The molecular weight excluding hydrogens is 295 g/mol. The van der Waals surface area contributed by atoms with Crippen molar-refractivity contribution in [2.45, 2.75) is 44.9 Å². The fourth-order valence-corrected chi connectivity index (χ4v) is 3.25. The molecule has 0 aromatic heterocycles. The Balaban J connectivity index is 1.37. The van der Waals surface area contributed by atoms with Gasteiger partial charge in [0.25, 0.3) is 0 Å². The van der Waals surface area contributed by atoms with Crippen LogP contribution in [0, 0.1) is 5.82 Å². The van der Waals surface area contributed by atoms with E-state index in [9.17, 15) is 9.18 Å². The summed E-state index contributed by atoms with van der Waals surface area (Å²) in [7, 11) is 0. The SMILES string of the molecule is C[C@@H]1CCCCN1CC(=O)N1CC(OCc2cccc(F)c2)C1. The first-order chi connectivity index (χ1) is 11.1. The molecule has 1 atom stereocenters. The maximum atomic E-state index is 13.1. The fraction of sp³-hybridized carbons (Fsp3) is 0.611. The minimum Gasteiger partial charge on any atom is -0.370 e. The summed E-state index contributed by atoms with van der Waals surface area (Å²) in [6, 6.07) is 6.95. The maximum absolute atomic E-state index is 13.1. The Labute approximate surface area is 137 Å². The van der Waals surface area contributed by atoms with Gasteiger partial charge in [-0.1, -0.05) is 18.6 Å². The first-order valence-electron chi connectivity index (χ1n) is 8.49. The van der Waals surface area contributed by atoms with E-state index in [2.05, 4.69) is 11.8 Å². The van der Waals surface area contributed by atoms with Gasteiger partial charge in [-0.25, -0.2) is 4.39 Å². The summed E-state index contributed by atoms with van der Waals surface area (Å²) in [6.07, 6.45) is 3.72. The van der Waals surface area contributed by atoms with Gasteiger partial charge in [0.2, 0.25) is 5.91 Å². The Morgan fingerprint density at radius 2 is 2.17 bits per heavy atom. The second kappa shape index (κ2) is 7.41. The number of likely N-dealkylation sites (tertiary alicyclic amines) is 2. The molecule has 2 aliphatic heterocycles. The minimum absolute atomic E-state index is 0.0704. The quantitative estimate of drug-likeness (QED) is 0.835. The van der Waals surface area contributed by atoms with E-state index in [0.29, 0.717) is 32.3 Å². The topological polar surface area (TPSA) is 32.8 Å². The monoisotopic (exact) mass is 320 g/mol. The second-order valence-electron chi connectivity index (χ2n) is 6.68. The number of hydrogen-bond donors (Lipinski definition) is 0. The van der Waals surface area contributed by atoms with Gasteiger partial charge in [-0.05, 0) is 44.0 Å². The van der Waals surface area contributed by atoms with Crippen LogP contribution in [-0.4, -0.2) is 54.0 Å². The van der Waals surface area contributed by atoms with Crippen LogP contribution in [0.1, 0.15) is 31.7 Å². The van der Waals surface area contributed by atoms with Gasteiger partial charge in [0.15, 0.2) is 0 Å². The predicted octanol–water partition coefficient (Wildman–Crippen LogP) is 2.43. The predicted molar refractivity (Wildman–Crippen MR) is 86.4 cm³/mol. The van der Waals surface area contributed by atoms with E-state index in [4.69, 9.17) is 4.74 Å². The third-order valence-corrected chi connectivity index (χ3v) is 4.85. The molecule has 4 nitrogen and oxygen atoms in total. The van der Waals surface area contributed by atoms with Crippen LogP contribution in [0.5, 0.6) is 0 Å². The average Bonchev–Trinajstić information content (AvgIpc) is 2.48. The summed E-state index contributed by atoms with van der Waals surface area (Å²) in [5, 5.41) is 0. The zero-order valence-corrected chi connectivity index (χ0v) is 13.7. The zero-order chi connectivity index (χ0) is 16.2. The number of halogens is 1. The van der Waals surface area contributed by atoms with Crippen LogP contribution in [0.25, 0.3) is 0 Å². The largest absolute Gasteiger partial charge is 0.370 e. The molecule has 0 spiro atoms. The molecule has 126 valence electrons. The lowest BCUT2D eigenvalue weighted by molar-refractivity contribution is -0.147. The Kier molecular flexibility index (Phi) is 5.28. The highest BCUT2D eigenvalue weighted by Gasteiger charge is 2.32. The summed E-state index contributed by atoms with van der Waals surface area (Å²) >= 11 is 0. The van der Waals surface area contributed by atoms with E-state index >= 15 is 0 Å². The fourth-order valence-electron chi connectivity index (χ4n) is 3.25. The molecule has 2 aliphatic rings. The smallest absolute Gasteiger partial charge is 0.236 e. The number of hydrogen-bond acceptors (Lipinski definition) is 3. The third-order valence-electron chi connectivity index (χ3n) is 4.85. The molecule has 0 saturated carbocycles. The molecule has 2 heterocycles. The van der Waals surface area contributed by atoms with Crippen molar-refractivity contribution >= 4 is 5.91 Å². The van der Waals surface area contributed by atoms with Crippen LogP contribution in [0.3, 0.4) is 0 Å². The van der Waals surface area contributed by atoms with Gasteiger partial charge in [0.1, 0.15) is 5.82 Å². The van der Waals surface area contributed by atoms with Gasteiger partial charge in [0.05, 0.1) is 19.3 Å². The van der Waals surface area contributed by atoms with E-state index in [-0.39, 0.29) is 17.8 Å². The van der Waals surface area contributed by atoms with Crippen molar-refractivity contribution in [1.82, 2.24) is 9.80 Å². The zero-order valence-electron chi connectivity index (χ0n) is 13.7. The lowest BCUT2D eigenvalue weighted by Crippen LogP contribution is -2.57. The summed E-state index contributed by atoms with van der Waals surface area (Å²) in [6.45, 7) is 5.45. The Bertz CT molecular complexity index is 546. The molecule has 1 aromatic carbocycles. The highest BCUT2D eigenvalue weighted by molar-refractivity contribution is 5.79. The van der Waals surface area contributed by atoms with Crippen LogP contribution in [0.2, 0.25) is 0 Å². The lowest BCUT2D eigenvalue weighted by Gasteiger charge is -2.41. The molecule has 5 heteroatoms. The number of benzene rings is 1. The lowest BCUT2D eigenvalue weighted by atomic mass is 10.0. The molecule has 2 fully saturated rings. The van der Waals surface area contributed by atoms with E-state index < -0.39 is 0 Å². The van der Waals surface area contributed by atoms with E-state index in [0.717, 1.165) is 12.1 Å². The standard InChI is InChI=1S/C18H25FN2O2/c1-14-5-2-3-8-20(14)12-18(22)21-10-17(11-21)23-13-15-6-4-7-16(19)9-15/h4,6-7,9,14,17H,2-3,5,8,10-13H2,1H3/t14-/m1/s1. The molecule has 3 rings (SSSR count). The van der Waals surface area contributed by atoms with Crippen molar-refractivity contribution in [2.75, 3.05) is 26.2 Å². The molecule has 1 aromatic rings. The normalized spacial score (nSPS) is 22.9. The number of carbonyl (C=O) groups is 1. The molecule has 0 radical (unpaired) electrons.